The molecule has 1 aromatic carbocycles. The molecule has 12 nitrogen and oxygen atoms in total. The van der Waals surface area contributed by atoms with Gasteiger partial charge in [0.1, 0.15) is 0 Å². The number of nitrogens with zero attached hydrogens (tertiary/aromatic N) is 4. The van der Waals surface area contributed by atoms with Crippen molar-refractivity contribution in [2.45, 2.75) is 13.3 Å². The summed E-state index contributed by atoms with van der Waals surface area (Å²) >= 11 is 0. The number of pyridine rings is 1. The molecule has 0 saturated heterocycles. The second kappa shape index (κ2) is 9.47. The molecule has 1 amide bonds. The highest BCUT2D eigenvalue weighted by atomic mass is 16.6. The van der Waals surface area contributed by atoms with E-state index < -0.39 is 22.4 Å². The van der Waals surface area contributed by atoms with Crippen molar-refractivity contribution >= 4 is 23.3 Å². The third-order valence-corrected chi connectivity index (χ3v) is 4.44. The Balaban J connectivity index is 1.99. The number of nitro benzene ring substituents is 1. The summed E-state index contributed by atoms with van der Waals surface area (Å²) in [5, 5.41) is 17.7. The van der Waals surface area contributed by atoms with E-state index in [1.54, 1.807) is 12.1 Å². The Morgan fingerprint density at radius 1 is 1.28 bits per heavy atom. The van der Waals surface area contributed by atoms with Crippen LogP contribution in [-0.2, 0) is 16.0 Å². The van der Waals surface area contributed by atoms with Gasteiger partial charge in [0.15, 0.2) is 0 Å². The normalized spacial score (nSPS) is 11.1. The van der Waals surface area contributed by atoms with Crippen molar-refractivity contribution in [2.24, 2.45) is 5.10 Å². The standard InChI is InChI=1S/C20H18N6O6/c1-12(22-23-19(28)13-4-3-9-21-11-13)18-16(10-17(27)32-2)24-25(20(18)29)14-5-7-15(8-6-14)26(30)31/h3-9,11,24H,10H2,1-2H3,(H,23,28). The van der Waals surface area contributed by atoms with E-state index in [-0.39, 0.29) is 34.6 Å². The summed E-state index contributed by atoms with van der Waals surface area (Å²) in [6.07, 6.45) is 2.62. The van der Waals surface area contributed by atoms with Crippen LogP contribution in [0, 0.1) is 10.1 Å². The van der Waals surface area contributed by atoms with Gasteiger partial charge in [0.2, 0.25) is 0 Å². The van der Waals surface area contributed by atoms with Gasteiger partial charge in [0.05, 0.1) is 46.7 Å². The van der Waals surface area contributed by atoms with Crippen molar-refractivity contribution in [3.63, 3.8) is 0 Å². The van der Waals surface area contributed by atoms with Gasteiger partial charge in [-0.3, -0.25) is 34.6 Å². The van der Waals surface area contributed by atoms with Gasteiger partial charge in [0, 0.05) is 24.5 Å². The quantitative estimate of drug-likeness (QED) is 0.243. The Labute approximate surface area is 180 Å². The van der Waals surface area contributed by atoms with E-state index in [0.717, 1.165) is 4.68 Å². The molecule has 2 N–H and O–H groups in total. The summed E-state index contributed by atoms with van der Waals surface area (Å²) in [6, 6.07) is 8.41. The Morgan fingerprint density at radius 3 is 2.59 bits per heavy atom. The summed E-state index contributed by atoms with van der Waals surface area (Å²) in [5.41, 5.74) is 2.63. The molecule has 2 aromatic heterocycles. The highest BCUT2D eigenvalue weighted by Gasteiger charge is 2.21. The largest absolute Gasteiger partial charge is 0.469 e. The zero-order valence-corrected chi connectivity index (χ0v) is 17.1. The van der Waals surface area contributed by atoms with E-state index in [2.05, 4.69) is 25.3 Å². The molecule has 12 heteroatoms. The van der Waals surface area contributed by atoms with Gasteiger partial charge >= 0.3 is 5.97 Å². The molecule has 0 fully saturated rings. The number of hydrogen-bond donors (Lipinski definition) is 2. The van der Waals surface area contributed by atoms with Crippen LogP contribution in [0.2, 0.25) is 0 Å². The smallest absolute Gasteiger partial charge is 0.311 e. The summed E-state index contributed by atoms with van der Waals surface area (Å²) in [7, 11) is 1.21. The van der Waals surface area contributed by atoms with Crippen LogP contribution in [0.25, 0.3) is 5.69 Å². The molecule has 0 atom stereocenters. The topological polar surface area (TPSA) is 162 Å². The maximum atomic E-state index is 13.1. The number of amides is 1. The first-order valence-electron chi connectivity index (χ1n) is 9.22. The monoisotopic (exact) mass is 438 g/mol. The Bertz CT molecular complexity index is 1240. The molecule has 0 saturated carbocycles. The number of methoxy groups -OCH3 is 1. The predicted octanol–water partition coefficient (Wildman–Crippen LogP) is 1.34. The molecule has 3 rings (SSSR count). The molecule has 0 aliphatic carbocycles. The van der Waals surface area contributed by atoms with E-state index in [1.165, 1.54) is 50.7 Å². The van der Waals surface area contributed by atoms with Crippen LogP contribution in [0.15, 0.2) is 58.7 Å². The first kappa shape index (κ1) is 22.1. The molecule has 2 heterocycles. The third kappa shape index (κ3) is 4.75. The van der Waals surface area contributed by atoms with Gasteiger partial charge in [-0.15, -0.1) is 0 Å². The van der Waals surface area contributed by atoms with E-state index >= 15 is 0 Å². The fourth-order valence-corrected chi connectivity index (χ4v) is 2.86. The van der Waals surface area contributed by atoms with Gasteiger partial charge in [0.25, 0.3) is 17.2 Å². The number of nitrogens with one attached hydrogen (secondary N) is 2. The van der Waals surface area contributed by atoms with Crippen LogP contribution in [0.1, 0.15) is 28.5 Å². The fourth-order valence-electron chi connectivity index (χ4n) is 2.86. The zero-order chi connectivity index (χ0) is 23.3. The number of H-pyrrole nitrogens is 1. The summed E-state index contributed by atoms with van der Waals surface area (Å²) in [5.74, 6) is -1.13. The van der Waals surface area contributed by atoms with Gasteiger partial charge in [-0.1, -0.05) is 0 Å². The minimum atomic E-state index is -0.601. The Hall–Kier alpha value is -4.61. The van der Waals surface area contributed by atoms with E-state index in [9.17, 15) is 24.5 Å². The lowest BCUT2D eigenvalue weighted by atomic mass is 10.1. The van der Waals surface area contributed by atoms with E-state index in [4.69, 9.17) is 0 Å². The van der Waals surface area contributed by atoms with Crippen LogP contribution >= 0.6 is 0 Å². The number of carbonyl (C=O) groups excluding carboxylic acids is 2. The van der Waals surface area contributed by atoms with Gasteiger partial charge in [-0.05, 0) is 31.2 Å². The number of ether oxygens (including phenoxy) is 1. The average Bonchev–Trinajstić information content (AvgIpc) is 3.13. The highest BCUT2D eigenvalue weighted by Crippen LogP contribution is 2.15. The van der Waals surface area contributed by atoms with Crippen molar-refractivity contribution in [1.82, 2.24) is 20.2 Å². The molecule has 0 radical (unpaired) electrons. The minimum Gasteiger partial charge on any atom is -0.469 e. The Morgan fingerprint density at radius 2 is 2.00 bits per heavy atom. The number of aromatic amines is 1. The highest BCUT2D eigenvalue weighted by molar-refractivity contribution is 6.02. The van der Waals surface area contributed by atoms with Crippen LogP contribution in [0.3, 0.4) is 0 Å². The summed E-state index contributed by atoms with van der Waals surface area (Å²) in [6.45, 7) is 1.50. The molecule has 164 valence electrons. The van der Waals surface area contributed by atoms with Gasteiger partial charge in [-0.25, -0.2) is 10.1 Å². The van der Waals surface area contributed by atoms with Crippen LogP contribution < -0.4 is 11.0 Å². The number of rotatable bonds is 7. The maximum Gasteiger partial charge on any atom is 0.311 e. The van der Waals surface area contributed by atoms with Crippen LogP contribution in [0.4, 0.5) is 5.69 Å². The number of hydrogen-bond acceptors (Lipinski definition) is 8. The molecular formula is C20H18N6O6. The van der Waals surface area contributed by atoms with Gasteiger partial charge in [-0.2, -0.15) is 5.10 Å². The number of nitro groups is 1. The molecule has 0 unspecified atom stereocenters. The van der Waals surface area contributed by atoms with Crippen LogP contribution in [-0.4, -0.2) is 44.4 Å². The third-order valence-electron chi connectivity index (χ3n) is 4.44. The molecule has 0 spiro atoms. The number of benzene rings is 1. The van der Waals surface area contributed by atoms with Crippen molar-refractivity contribution in [3.05, 3.63) is 86.1 Å². The SMILES string of the molecule is COC(=O)Cc1[nH]n(-c2ccc([N+](=O)[O-])cc2)c(=O)c1C(C)=NNC(=O)c1cccnc1. The predicted molar refractivity (Wildman–Crippen MR) is 113 cm³/mol. The summed E-state index contributed by atoms with van der Waals surface area (Å²) in [4.78, 5) is 51.3. The van der Waals surface area contributed by atoms with Gasteiger partial charge < -0.3 is 4.74 Å². The zero-order valence-electron chi connectivity index (χ0n) is 17.1. The number of aromatic nitrogens is 3. The fraction of sp³-hybridized carbons (Fsp3) is 0.150. The number of carbonyl (C=O) groups is 2. The second-order valence-electron chi connectivity index (χ2n) is 6.51. The number of hydrazone groups is 1. The maximum absolute atomic E-state index is 13.1. The second-order valence-corrected chi connectivity index (χ2v) is 6.51. The molecule has 0 bridgehead atoms. The van der Waals surface area contributed by atoms with E-state index in [1.807, 2.05) is 0 Å². The Kier molecular flexibility index (Phi) is 6.53. The average molecular weight is 438 g/mol. The van der Waals surface area contributed by atoms with Crippen LogP contribution in [0.5, 0.6) is 0 Å². The molecular weight excluding hydrogens is 420 g/mol. The van der Waals surface area contributed by atoms with Crippen molar-refractivity contribution < 1.29 is 19.2 Å². The molecule has 32 heavy (non-hydrogen) atoms. The first-order chi connectivity index (χ1) is 15.3. The molecule has 0 aliphatic heterocycles. The lowest BCUT2D eigenvalue weighted by molar-refractivity contribution is -0.384. The number of esters is 1. The lowest BCUT2D eigenvalue weighted by Crippen LogP contribution is -2.24. The van der Waals surface area contributed by atoms with E-state index in [0.29, 0.717) is 5.69 Å². The minimum absolute atomic E-state index is 0.0558. The van der Waals surface area contributed by atoms with Crippen molar-refractivity contribution in [3.8, 4) is 5.69 Å². The molecule has 3 aromatic rings. The van der Waals surface area contributed by atoms with Crippen molar-refractivity contribution in [2.75, 3.05) is 7.11 Å². The lowest BCUT2D eigenvalue weighted by Gasteiger charge is -2.03. The summed E-state index contributed by atoms with van der Waals surface area (Å²) < 4.78 is 5.80. The first-order valence-corrected chi connectivity index (χ1v) is 9.22. The molecule has 0 aliphatic rings. The van der Waals surface area contributed by atoms with Crippen molar-refractivity contribution in [1.29, 1.82) is 0 Å². The number of non-ortho nitro benzene ring substituents is 1.